The van der Waals surface area contributed by atoms with E-state index in [0.29, 0.717) is 17.0 Å². The lowest BCUT2D eigenvalue weighted by Gasteiger charge is -2.27. The topological polar surface area (TPSA) is 61.7 Å². The average Bonchev–Trinajstić information content (AvgIpc) is 3.14. The molecule has 1 aliphatic carbocycles. The lowest BCUT2D eigenvalue weighted by molar-refractivity contribution is -0.136. The summed E-state index contributed by atoms with van der Waals surface area (Å²) in [6, 6.07) is 18.0. The van der Waals surface area contributed by atoms with Crippen LogP contribution in [-0.2, 0) is 10.4 Å². The monoisotopic (exact) mass is 336 g/mol. The molecule has 3 rings (SSSR count). The highest BCUT2D eigenvalue weighted by Crippen LogP contribution is 2.30. The van der Waals surface area contributed by atoms with Gasteiger partial charge in [0.1, 0.15) is 0 Å². The van der Waals surface area contributed by atoms with Crippen molar-refractivity contribution in [3.63, 3.8) is 0 Å². The first-order valence-corrected chi connectivity index (χ1v) is 8.86. The normalized spacial score (nSPS) is 19.1. The smallest absolute Gasteiger partial charge is 0.281 e. The highest BCUT2D eigenvalue weighted by Gasteiger charge is 2.40. The average molecular weight is 336 g/mol. The maximum atomic E-state index is 12.9. The van der Waals surface area contributed by atoms with E-state index in [0.717, 1.165) is 31.4 Å². The number of hydrogen-bond acceptors (Lipinski definition) is 3. The lowest BCUT2D eigenvalue weighted by atomic mass is 9.85. The van der Waals surface area contributed by atoms with Crippen molar-refractivity contribution in [2.24, 2.45) is 11.0 Å². The van der Waals surface area contributed by atoms with Crippen molar-refractivity contribution in [3.05, 3.63) is 71.8 Å². The molecule has 0 bridgehead atoms. The summed E-state index contributed by atoms with van der Waals surface area (Å²) in [5.41, 5.74) is 2.93. The predicted octanol–water partition coefficient (Wildman–Crippen LogP) is 3.60. The van der Waals surface area contributed by atoms with E-state index in [4.69, 9.17) is 0 Å². The van der Waals surface area contributed by atoms with Crippen LogP contribution in [0.5, 0.6) is 0 Å². The molecule has 4 nitrogen and oxygen atoms in total. The van der Waals surface area contributed by atoms with E-state index < -0.39 is 11.5 Å². The SMILES string of the molecule is CCC1CCCC1=NNC(=O)C(O)(c1ccccc1)c1ccccc1. The third-order valence-corrected chi connectivity index (χ3v) is 4.96. The van der Waals surface area contributed by atoms with E-state index in [1.54, 1.807) is 24.3 Å². The molecule has 130 valence electrons. The second kappa shape index (κ2) is 7.62. The van der Waals surface area contributed by atoms with E-state index in [1.807, 2.05) is 36.4 Å². The molecule has 2 aromatic rings. The van der Waals surface area contributed by atoms with E-state index in [-0.39, 0.29) is 0 Å². The fourth-order valence-corrected chi connectivity index (χ4v) is 3.48. The molecule has 0 saturated heterocycles. The first-order valence-electron chi connectivity index (χ1n) is 8.86. The Bertz CT molecular complexity index is 702. The van der Waals surface area contributed by atoms with Gasteiger partial charge < -0.3 is 5.11 Å². The molecule has 0 aliphatic heterocycles. The van der Waals surface area contributed by atoms with Crippen LogP contribution in [0.1, 0.15) is 43.7 Å². The maximum absolute atomic E-state index is 12.9. The van der Waals surface area contributed by atoms with Crippen LogP contribution in [0.2, 0.25) is 0 Å². The zero-order valence-electron chi connectivity index (χ0n) is 14.5. The Balaban J connectivity index is 1.93. The van der Waals surface area contributed by atoms with Gasteiger partial charge in [-0.25, -0.2) is 5.43 Å². The van der Waals surface area contributed by atoms with Crippen molar-refractivity contribution in [2.75, 3.05) is 0 Å². The molecule has 0 radical (unpaired) electrons. The van der Waals surface area contributed by atoms with Crippen LogP contribution < -0.4 is 5.43 Å². The zero-order valence-corrected chi connectivity index (χ0v) is 14.5. The predicted molar refractivity (Wildman–Crippen MR) is 99.1 cm³/mol. The van der Waals surface area contributed by atoms with Gasteiger partial charge in [0.05, 0.1) is 0 Å². The Hall–Kier alpha value is -2.46. The van der Waals surface area contributed by atoms with Crippen LogP contribution in [0, 0.1) is 5.92 Å². The summed E-state index contributed by atoms with van der Waals surface area (Å²) in [6.07, 6.45) is 4.16. The highest BCUT2D eigenvalue weighted by atomic mass is 16.3. The molecule has 1 saturated carbocycles. The molecule has 25 heavy (non-hydrogen) atoms. The number of rotatable bonds is 5. The summed E-state index contributed by atoms with van der Waals surface area (Å²) >= 11 is 0. The Morgan fingerprint density at radius 1 is 1.12 bits per heavy atom. The van der Waals surface area contributed by atoms with Crippen molar-refractivity contribution >= 4 is 11.6 Å². The molecule has 2 aromatic carbocycles. The number of amides is 1. The number of benzene rings is 2. The fraction of sp³-hybridized carbons (Fsp3) is 0.333. The zero-order chi connectivity index (χ0) is 17.7. The van der Waals surface area contributed by atoms with Crippen molar-refractivity contribution in [3.8, 4) is 0 Å². The summed E-state index contributed by atoms with van der Waals surface area (Å²) in [4.78, 5) is 12.9. The van der Waals surface area contributed by atoms with Gasteiger partial charge in [-0.15, -0.1) is 0 Å². The Morgan fingerprint density at radius 2 is 1.68 bits per heavy atom. The first kappa shape index (κ1) is 17.4. The summed E-state index contributed by atoms with van der Waals surface area (Å²) in [5, 5.41) is 15.7. The molecule has 1 unspecified atom stereocenters. The van der Waals surface area contributed by atoms with Crippen LogP contribution in [0.25, 0.3) is 0 Å². The number of aliphatic hydroxyl groups is 1. The largest absolute Gasteiger partial charge is 0.372 e. The van der Waals surface area contributed by atoms with Gasteiger partial charge in [0.15, 0.2) is 5.60 Å². The third-order valence-electron chi connectivity index (χ3n) is 4.96. The van der Waals surface area contributed by atoms with E-state index in [2.05, 4.69) is 17.5 Å². The minimum Gasteiger partial charge on any atom is -0.372 e. The van der Waals surface area contributed by atoms with Gasteiger partial charge >= 0.3 is 0 Å². The number of hydrogen-bond donors (Lipinski definition) is 2. The van der Waals surface area contributed by atoms with Crippen LogP contribution in [0.15, 0.2) is 65.8 Å². The molecule has 1 aliphatic rings. The number of carbonyl (C=O) groups is 1. The van der Waals surface area contributed by atoms with E-state index in [9.17, 15) is 9.90 Å². The molecule has 0 spiro atoms. The van der Waals surface area contributed by atoms with Gasteiger partial charge in [-0.1, -0.05) is 67.6 Å². The van der Waals surface area contributed by atoms with Crippen molar-refractivity contribution in [2.45, 2.75) is 38.2 Å². The Labute approximate surface area is 148 Å². The summed E-state index contributed by atoms with van der Waals surface area (Å²) in [5.74, 6) is -0.0963. The first-order chi connectivity index (χ1) is 12.2. The molecule has 0 heterocycles. The van der Waals surface area contributed by atoms with Gasteiger partial charge in [0.2, 0.25) is 0 Å². The molecule has 1 amide bonds. The van der Waals surface area contributed by atoms with E-state index in [1.165, 1.54) is 0 Å². The highest BCUT2D eigenvalue weighted by molar-refractivity contribution is 5.93. The minimum absolute atomic E-state index is 0.432. The van der Waals surface area contributed by atoms with Gasteiger partial charge in [-0.05, 0) is 42.7 Å². The standard InChI is InChI=1S/C21H24N2O2/c1-2-16-10-9-15-19(16)22-23-20(24)21(25,17-11-5-3-6-12-17)18-13-7-4-8-14-18/h3-8,11-14,16,25H,2,9-10,15H2,1H3,(H,23,24). The summed E-state index contributed by atoms with van der Waals surface area (Å²) in [7, 11) is 0. The number of nitrogens with zero attached hydrogens (tertiary/aromatic N) is 1. The Kier molecular flexibility index (Phi) is 5.29. The number of carbonyl (C=O) groups excluding carboxylic acids is 1. The van der Waals surface area contributed by atoms with Crippen LogP contribution in [0.4, 0.5) is 0 Å². The van der Waals surface area contributed by atoms with Crippen molar-refractivity contribution in [1.82, 2.24) is 5.43 Å². The summed E-state index contributed by atoms with van der Waals surface area (Å²) in [6.45, 7) is 2.14. The summed E-state index contributed by atoms with van der Waals surface area (Å²) < 4.78 is 0. The molecular weight excluding hydrogens is 312 g/mol. The number of nitrogens with one attached hydrogen (secondary N) is 1. The fourth-order valence-electron chi connectivity index (χ4n) is 3.48. The van der Waals surface area contributed by atoms with Crippen molar-refractivity contribution < 1.29 is 9.90 Å². The second-order valence-corrected chi connectivity index (χ2v) is 6.48. The number of hydrazone groups is 1. The molecule has 4 heteroatoms. The quantitative estimate of drug-likeness (QED) is 0.820. The maximum Gasteiger partial charge on any atom is 0.281 e. The second-order valence-electron chi connectivity index (χ2n) is 6.48. The minimum atomic E-state index is -1.77. The molecule has 1 fully saturated rings. The van der Waals surface area contributed by atoms with Crippen LogP contribution >= 0.6 is 0 Å². The molecule has 1 atom stereocenters. The van der Waals surface area contributed by atoms with E-state index >= 15 is 0 Å². The van der Waals surface area contributed by atoms with Gasteiger partial charge in [-0.3, -0.25) is 4.79 Å². The lowest BCUT2D eigenvalue weighted by Crippen LogP contribution is -2.44. The van der Waals surface area contributed by atoms with Gasteiger partial charge in [0.25, 0.3) is 5.91 Å². The molecule has 2 N–H and O–H groups in total. The van der Waals surface area contributed by atoms with Crippen LogP contribution in [0.3, 0.4) is 0 Å². The van der Waals surface area contributed by atoms with Gasteiger partial charge in [-0.2, -0.15) is 5.10 Å². The van der Waals surface area contributed by atoms with Crippen LogP contribution in [-0.4, -0.2) is 16.7 Å². The third kappa shape index (κ3) is 3.49. The Morgan fingerprint density at radius 3 is 2.20 bits per heavy atom. The van der Waals surface area contributed by atoms with Gasteiger partial charge in [0, 0.05) is 5.71 Å². The molecular formula is C21H24N2O2. The van der Waals surface area contributed by atoms with Crippen molar-refractivity contribution in [1.29, 1.82) is 0 Å². The molecule has 0 aromatic heterocycles.